The van der Waals surface area contributed by atoms with E-state index in [1.54, 1.807) is 0 Å². The van der Waals surface area contributed by atoms with Crippen LogP contribution in [0.15, 0.2) is 12.2 Å². The fourth-order valence-corrected chi connectivity index (χ4v) is 2.48. The molecule has 98 valence electrons. The molecule has 1 aliphatic carbocycles. The Bertz CT molecular complexity index is 283. The molecule has 0 bridgehead atoms. The highest BCUT2D eigenvalue weighted by atomic mass is 16.5. The maximum absolute atomic E-state index is 11.8. The lowest BCUT2D eigenvalue weighted by molar-refractivity contribution is -0.151. The summed E-state index contributed by atoms with van der Waals surface area (Å²) in [5.41, 5.74) is 0. The maximum atomic E-state index is 11.8. The van der Waals surface area contributed by atoms with Crippen molar-refractivity contribution in [1.82, 2.24) is 0 Å². The Labute approximate surface area is 104 Å². The van der Waals surface area contributed by atoms with Gasteiger partial charge in [0.15, 0.2) is 0 Å². The molecule has 0 aliphatic heterocycles. The average Bonchev–Trinajstić information content (AvgIpc) is 2.29. The standard InChI is InChI=1S/C14H24O3/c1-9(2)5-6-11-7-8-12(15)10(3)13(11)14(16)17-4/h7-13,15H,5-6H2,1-4H3/t10-,11-,12-,13-/m0/s1. The lowest BCUT2D eigenvalue weighted by Crippen LogP contribution is -2.38. The summed E-state index contributed by atoms with van der Waals surface area (Å²) in [5, 5.41) is 9.79. The van der Waals surface area contributed by atoms with Crippen molar-refractivity contribution in [3.05, 3.63) is 12.2 Å². The van der Waals surface area contributed by atoms with E-state index in [9.17, 15) is 9.90 Å². The van der Waals surface area contributed by atoms with Gasteiger partial charge in [0, 0.05) is 0 Å². The molecule has 0 aromatic carbocycles. The van der Waals surface area contributed by atoms with Crippen molar-refractivity contribution in [3.8, 4) is 0 Å². The Kier molecular flexibility index (Phi) is 5.19. The van der Waals surface area contributed by atoms with Crippen LogP contribution in [0.5, 0.6) is 0 Å². The van der Waals surface area contributed by atoms with Gasteiger partial charge in [-0.3, -0.25) is 4.79 Å². The van der Waals surface area contributed by atoms with Gasteiger partial charge in [-0.25, -0.2) is 0 Å². The molecule has 0 spiro atoms. The molecule has 0 saturated heterocycles. The molecule has 3 nitrogen and oxygen atoms in total. The zero-order chi connectivity index (χ0) is 13.0. The van der Waals surface area contributed by atoms with E-state index in [0.29, 0.717) is 5.92 Å². The largest absolute Gasteiger partial charge is 0.469 e. The molecule has 0 fully saturated rings. The summed E-state index contributed by atoms with van der Waals surface area (Å²) < 4.78 is 4.86. The highest BCUT2D eigenvalue weighted by Crippen LogP contribution is 2.34. The molecule has 0 aromatic heterocycles. The van der Waals surface area contributed by atoms with E-state index in [1.165, 1.54) is 7.11 Å². The van der Waals surface area contributed by atoms with Crippen LogP contribution in [0.3, 0.4) is 0 Å². The van der Waals surface area contributed by atoms with Crippen LogP contribution in [0.25, 0.3) is 0 Å². The molecule has 1 rings (SSSR count). The van der Waals surface area contributed by atoms with Crippen LogP contribution in [0.4, 0.5) is 0 Å². The van der Waals surface area contributed by atoms with Crippen LogP contribution in [-0.4, -0.2) is 24.3 Å². The third-order valence-corrected chi connectivity index (χ3v) is 3.67. The second-order valence-electron chi connectivity index (χ2n) is 5.42. The highest BCUT2D eigenvalue weighted by Gasteiger charge is 2.38. The van der Waals surface area contributed by atoms with E-state index in [-0.39, 0.29) is 23.7 Å². The first-order chi connectivity index (χ1) is 7.97. The molecule has 1 N–H and O–H groups in total. The predicted octanol–water partition coefficient (Wildman–Crippen LogP) is 2.39. The van der Waals surface area contributed by atoms with E-state index in [0.717, 1.165) is 12.8 Å². The summed E-state index contributed by atoms with van der Waals surface area (Å²) in [4.78, 5) is 11.8. The van der Waals surface area contributed by atoms with Crippen LogP contribution in [0.1, 0.15) is 33.6 Å². The monoisotopic (exact) mass is 240 g/mol. The molecule has 0 radical (unpaired) electrons. The zero-order valence-electron chi connectivity index (χ0n) is 11.2. The minimum atomic E-state index is -0.533. The van der Waals surface area contributed by atoms with Gasteiger partial charge in [0.25, 0.3) is 0 Å². The van der Waals surface area contributed by atoms with Gasteiger partial charge in [0.1, 0.15) is 0 Å². The van der Waals surface area contributed by atoms with Gasteiger partial charge in [-0.1, -0.05) is 39.3 Å². The Morgan fingerprint density at radius 2 is 2.06 bits per heavy atom. The molecule has 17 heavy (non-hydrogen) atoms. The number of rotatable bonds is 4. The van der Waals surface area contributed by atoms with Gasteiger partial charge in [0.05, 0.1) is 19.1 Å². The van der Waals surface area contributed by atoms with Gasteiger partial charge in [-0.15, -0.1) is 0 Å². The van der Waals surface area contributed by atoms with E-state index in [1.807, 2.05) is 19.1 Å². The number of allylic oxidation sites excluding steroid dienone is 1. The molecular formula is C14H24O3. The van der Waals surface area contributed by atoms with E-state index < -0.39 is 6.10 Å². The molecule has 0 saturated carbocycles. The number of ether oxygens (including phenoxy) is 1. The Hall–Kier alpha value is -0.830. The van der Waals surface area contributed by atoms with E-state index in [4.69, 9.17) is 4.74 Å². The third kappa shape index (κ3) is 3.56. The summed E-state index contributed by atoms with van der Waals surface area (Å²) in [7, 11) is 1.42. The number of hydrogen-bond acceptors (Lipinski definition) is 3. The van der Waals surface area contributed by atoms with Gasteiger partial charge < -0.3 is 9.84 Å². The van der Waals surface area contributed by atoms with Crippen molar-refractivity contribution in [3.63, 3.8) is 0 Å². The normalized spacial score (nSPS) is 32.8. The number of hydrogen-bond donors (Lipinski definition) is 1. The molecule has 1 aliphatic rings. The van der Waals surface area contributed by atoms with Crippen LogP contribution in [0.2, 0.25) is 0 Å². The summed E-state index contributed by atoms with van der Waals surface area (Å²) in [6.45, 7) is 6.27. The molecule has 0 unspecified atom stereocenters. The summed E-state index contributed by atoms with van der Waals surface area (Å²) in [5.74, 6) is 0.352. The van der Waals surface area contributed by atoms with Gasteiger partial charge >= 0.3 is 5.97 Å². The minimum Gasteiger partial charge on any atom is -0.469 e. The van der Waals surface area contributed by atoms with E-state index in [2.05, 4.69) is 13.8 Å². The maximum Gasteiger partial charge on any atom is 0.309 e. The molecule has 0 aromatic rings. The van der Waals surface area contributed by atoms with Crippen molar-refractivity contribution in [2.75, 3.05) is 7.11 Å². The summed E-state index contributed by atoms with van der Waals surface area (Å²) in [6, 6.07) is 0. The fourth-order valence-electron chi connectivity index (χ4n) is 2.48. The first-order valence-electron chi connectivity index (χ1n) is 6.41. The van der Waals surface area contributed by atoms with Crippen LogP contribution in [0, 0.1) is 23.7 Å². The number of methoxy groups -OCH3 is 1. The Morgan fingerprint density at radius 3 is 2.59 bits per heavy atom. The number of carbonyl (C=O) groups is 1. The summed E-state index contributed by atoms with van der Waals surface area (Å²) in [6.07, 6.45) is 5.33. The lowest BCUT2D eigenvalue weighted by atomic mass is 9.73. The first kappa shape index (κ1) is 14.2. The van der Waals surface area contributed by atoms with Crippen molar-refractivity contribution in [1.29, 1.82) is 0 Å². The van der Waals surface area contributed by atoms with Crippen molar-refractivity contribution in [2.24, 2.45) is 23.7 Å². The second-order valence-corrected chi connectivity index (χ2v) is 5.42. The Morgan fingerprint density at radius 1 is 1.41 bits per heavy atom. The van der Waals surface area contributed by atoms with Crippen molar-refractivity contribution in [2.45, 2.75) is 39.7 Å². The quantitative estimate of drug-likeness (QED) is 0.606. The zero-order valence-corrected chi connectivity index (χ0v) is 11.2. The molecule has 3 heteroatoms. The van der Waals surface area contributed by atoms with E-state index >= 15 is 0 Å². The van der Waals surface area contributed by atoms with Gasteiger partial charge in [0.2, 0.25) is 0 Å². The van der Waals surface area contributed by atoms with Crippen LogP contribution < -0.4 is 0 Å². The van der Waals surface area contributed by atoms with Crippen LogP contribution >= 0.6 is 0 Å². The van der Waals surface area contributed by atoms with Crippen LogP contribution in [-0.2, 0) is 9.53 Å². The number of carbonyl (C=O) groups excluding carboxylic acids is 1. The topological polar surface area (TPSA) is 46.5 Å². The molecule has 0 amide bonds. The number of esters is 1. The fraction of sp³-hybridized carbons (Fsp3) is 0.786. The second kappa shape index (κ2) is 6.20. The summed E-state index contributed by atoms with van der Waals surface area (Å²) >= 11 is 0. The third-order valence-electron chi connectivity index (χ3n) is 3.67. The smallest absolute Gasteiger partial charge is 0.309 e. The molecular weight excluding hydrogens is 216 g/mol. The lowest BCUT2D eigenvalue weighted by Gasteiger charge is -2.34. The SMILES string of the molecule is COC(=O)[C@H]1[C@@H](C)[C@@H](O)C=C[C@@H]1CCC(C)C. The number of aliphatic hydroxyl groups is 1. The van der Waals surface area contributed by atoms with Gasteiger partial charge in [-0.2, -0.15) is 0 Å². The first-order valence-corrected chi connectivity index (χ1v) is 6.41. The number of aliphatic hydroxyl groups excluding tert-OH is 1. The minimum absolute atomic E-state index is 0.0652. The van der Waals surface area contributed by atoms with Crippen molar-refractivity contribution < 1.29 is 14.6 Å². The Balaban J connectivity index is 2.77. The molecule has 0 heterocycles. The predicted molar refractivity (Wildman–Crippen MR) is 67.4 cm³/mol. The van der Waals surface area contributed by atoms with Gasteiger partial charge in [-0.05, 0) is 24.2 Å². The highest BCUT2D eigenvalue weighted by molar-refractivity contribution is 5.73. The average molecular weight is 240 g/mol. The molecule has 4 atom stereocenters. The van der Waals surface area contributed by atoms with Crippen molar-refractivity contribution >= 4 is 5.97 Å².